The Balaban J connectivity index is 1.56. The van der Waals surface area contributed by atoms with Gasteiger partial charge in [0, 0.05) is 44.9 Å². The molecule has 4 aromatic carbocycles. The zero-order valence-electron chi connectivity index (χ0n) is 18.5. The lowest BCUT2D eigenvalue weighted by atomic mass is 10.1. The molecule has 0 aliphatic heterocycles. The van der Waals surface area contributed by atoms with E-state index >= 15 is 0 Å². The summed E-state index contributed by atoms with van der Waals surface area (Å²) in [5.41, 5.74) is 2.59. The Labute approximate surface area is 212 Å². The van der Waals surface area contributed by atoms with Gasteiger partial charge in [0.1, 0.15) is 41.4 Å². The van der Waals surface area contributed by atoms with E-state index in [0.29, 0.717) is 38.3 Å². The predicted molar refractivity (Wildman–Crippen MR) is 139 cm³/mol. The van der Waals surface area contributed by atoms with Gasteiger partial charge in [-0.25, -0.2) is 0 Å². The smallest absolute Gasteiger partial charge is 0.197 e. The molecule has 0 N–H and O–H groups in total. The van der Waals surface area contributed by atoms with E-state index in [-0.39, 0.29) is 18.6 Å². The second kappa shape index (κ2) is 10.3. The SMILES string of the molecule is O=c1cc(-c2ccccc2)oc2cc(OCc3ccccc3Cl)cc(OCc3ccccc3Cl)c12. The molecular formula is C29H20Cl2O4. The van der Waals surface area contributed by atoms with E-state index in [9.17, 15) is 4.79 Å². The van der Waals surface area contributed by atoms with Crippen LogP contribution in [0.1, 0.15) is 11.1 Å². The van der Waals surface area contributed by atoms with Gasteiger partial charge in [-0.1, -0.05) is 89.9 Å². The molecule has 5 rings (SSSR count). The van der Waals surface area contributed by atoms with Gasteiger partial charge in [-0.3, -0.25) is 4.79 Å². The summed E-state index contributed by atoms with van der Waals surface area (Å²) in [6, 6.07) is 29.2. The lowest BCUT2D eigenvalue weighted by Crippen LogP contribution is -2.06. The Morgan fingerprint density at radius 3 is 1.94 bits per heavy atom. The first kappa shape index (κ1) is 23.0. The third kappa shape index (κ3) is 5.19. The Morgan fingerprint density at radius 2 is 1.29 bits per heavy atom. The fourth-order valence-electron chi connectivity index (χ4n) is 3.72. The minimum absolute atomic E-state index is 0.183. The van der Waals surface area contributed by atoms with Crippen LogP contribution in [0.2, 0.25) is 10.0 Å². The van der Waals surface area contributed by atoms with Crippen molar-refractivity contribution in [3.63, 3.8) is 0 Å². The van der Waals surface area contributed by atoms with Crippen LogP contribution in [0.25, 0.3) is 22.3 Å². The van der Waals surface area contributed by atoms with Gasteiger partial charge < -0.3 is 13.9 Å². The van der Waals surface area contributed by atoms with E-state index in [2.05, 4.69) is 0 Å². The van der Waals surface area contributed by atoms with E-state index in [0.717, 1.165) is 16.7 Å². The Morgan fingerprint density at radius 1 is 0.686 bits per heavy atom. The summed E-state index contributed by atoms with van der Waals surface area (Å²) in [6.45, 7) is 0.431. The molecule has 0 fully saturated rings. The van der Waals surface area contributed by atoms with Crippen LogP contribution in [0.5, 0.6) is 11.5 Å². The lowest BCUT2D eigenvalue weighted by molar-refractivity contribution is 0.292. The van der Waals surface area contributed by atoms with Crippen molar-refractivity contribution in [3.05, 3.63) is 128 Å². The average Bonchev–Trinajstić information content (AvgIpc) is 2.88. The van der Waals surface area contributed by atoms with Crippen LogP contribution >= 0.6 is 23.2 Å². The molecular weight excluding hydrogens is 483 g/mol. The van der Waals surface area contributed by atoms with Crippen molar-refractivity contribution in [2.24, 2.45) is 0 Å². The summed E-state index contributed by atoms with van der Waals surface area (Å²) < 4.78 is 18.3. The highest BCUT2D eigenvalue weighted by molar-refractivity contribution is 6.31. The topological polar surface area (TPSA) is 48.7 Å². The molecule has 4 nitrogen and oxygen atoms in total. The largest absolute Gasteiger partial charge is 0.489 e. The zero-order valence-corrected chi connectivity index (χ0v) is 20.1. The number of rotatable bonds is 7. The van der Waals surface area contributed by atoms with E-state index in [1.54, 1.807) is 18.2 Å². The van der Waals surface area contributed by atoms with E-state index in [1.165, 1.54) is 6.07 Å². The molecule has 0 atom stereocenters. The highest BCUT2D eigenvalue weighted by Gasteiger charge is 2.16. The molecule has 6 heteroatoms. The standard InChI is InChI=1S/C29H20Cl2O4/c30-23-12-6-4-10-20(23)17-33-22-14-27(34-18-21-11-5-7-13-24(21)31)29-25(32)16-26(35-28(29)15-22)19-8-2-1-3-9-19/h1-16H,17-18H2. The highest BCUT2D eigenvalue weighted by Crippen LogP contribution is 2.33. The molecule has 0 radical (unpaired) electrons. The van der Waals surface area contributed by atoms with Gasteiger partial charge in [-0.15, -0.1) is 0 Å². The molecule has 0 bridgehead atoms. The lowest BCUT2D eigenvalue weighted by Gasteiger charge is -2.14. The van der Waals surface area contributed by atoms with Gasteiger partial charge >= 0.3 is 0 Å². The number of hydrogen-bond acceptors (Lipinski definition) is 4. The maximum atomic E-state index is 13.2. The first-order valence-electron chi connectivity index (χ1n) is 11.0. The van der Waals surface area contributed by atoms with Crippen LogP contribution in [-0.4, -0.2) is 0 Å². The molecule has 0 saturated heterocycles. The van der Waals surface area contributed by atoms with Crippen molar-refractivity contribution in [2.75, 3.05) is 0 Å². The number of hydrogen-bond donors (Lipinski definition) is 0. The van der Waals surface area contributed by atoms with Gasteiger partial charge in [0.25, 0.3) is 0 Å². The summed E-state index contributed by atoms with van der Waals surface area (Å²) in [5.74, 6) is 1.30. The van der Waals surface area contributed by atoms with Crippen LogP contribution < -0.4 is 14.9 Å². The molecule has 0 saturated carbocycles. The second-order valence-corrected chi connectivity index (χ2v) is 8.71. The number of ether oxygens (including phenoxy) is 2. The van der Waals surface area contributed by atoms with Crippen molar-refractivity contribution in [1.29, 1.82) is 0 Å². The maximum absolute atomic E-state index is 13.2. The Kier molecular flexibility index (Phi) is 6.75. The van der Waals surface area contributed by atoms with Crippen LogP contribution in [0, 0.1) is 0 Å². The zero-order chi connectivity index (χ0) is 24.2. The molecule has 0 unspecified atom stereocenters. The van der Waals surface area contributed by atoms with Crippen molar-refractivity contribution in [1.82, 2.24) is 0 Å². The van der Waals surface area contributed by atoms with Gasteiger partial charge in [0.2, 0.25) is 0 Å². The van der Waals surface area contributed by atoms with Gasteiger partial charge in [0.15, 0.2) is 5.43 Å². The summed E-state index contributed by atoms with van der Waals surface area (Å²) in [6.07, 6.45) is 0. The second-order valence-electron chi connectivity index (χ2n) is 7.90. The van der Waals surface area contributed by atoms with Crippen molar-refractivity contribution in [3.8, 4) is 22.8 Å². The summed E-state index contributed by atoms with van der Waals surface area (Å²) >= 11 is 12.6. The van der Waals surface area contributed by atoms with Crippen molar-refractivity contribution < 1.29 is 13.9 Å². The maximum Gasteiger partial charge on any atom is 0.197 e. The molecule has 1 aromatic heterocycles. The third-order valence-electron chi connectivity index (χ3n) is 5.52. The highest BCUT2D eigenvalue weighted by atomic mass is 35.5. The first-order valence-corrected chi connectivity index (χ1v) is 11.7. The van der Waals surface area contributed by atoms with Gasteiger partial charge in [-0.2, -0.15) is 0 Å². The Bertz CT molecular complexity index is 1540. The van der Waals surface area contributed by atoms with Gasteiger partial charge in [-0.05, 0) is 12.1 Å². The molecule has 174 valence electrons. The number of benzene rings is 4. The summed E-state index contributed by atoms with van der Waals surface area (Å²) in [4.78, 5) is 13.2. The normalized spacial score (nSPS) is 10.9. The van der Waals surface area contributed by atoms with E-state index < -0.39 is 0 Å². The van der Waals surface area contributed by atoms with Crippen molar-refractivity contribution >= 4 is 34.2 Å². The van der Waals surface area contributed by atoms with Crippen LogP contribution in [-0.2, 0) is 13.2 Å². The van der Waals surface area contributed by atoms with E-state index in [1.807, 2.05) is 72.8 Å². The van der Waals surface area contributed by atoms with Crippen molar-refractivity contribution in [2.45, 2.75) is 13.2 Å². The predicted octanol–water partition coefficient (Wildman–Crippen LogP) is 7.92. The Hall–Kier alpha value is -3.73. The average molecular weight is 503 g/mol. The molecule has 0 aliphatic carbocycles. The summed E-state index contributed by atoms with van der Waals surface area (Å²) in [7, 11) is 0. The fraction of sp³-hybridized carbons (Fsp3) is 0.0690. The first-order chi connectivity index (χ1) is 17.1. The number of fused-ring (bicyclic) bond motifs is 1. The van der Waals surface area contributed by atoms with Crippen LogP contribution in [0.15, 0.2) is 106 Å². The molecule has 0 spiro atoms. The minimum Gasteiger partial charge on any atom is -0.489 e. The minimum atomic E-state index is -0.211. The van der Waals surface area contributed by atoms with Crippen LogP contribution in [0.4, 0.5) is 0 Å². The third-order valence-corrected chi connectivity index (χ3v) is 6.26. The number of halogens is 2. The fourth-order valence-corrected chi connectivity index (χ4v) is 4.10. The van der Waals surface area contributed by atoms with Crippen LogP contribution in [0.3, 0.4) is 0 Å². The summed E-state index contributed by atoms with van der Waals surface area (Å²) in [5, 5.41) is 1.53. The monoisotopic (exact) mass is 502 g/mol. The molecule has 35 heavy (non-hydrogen) atoms. The molecule has 5 aromatic rings. The van der Waals surface area contributed by atoms with Gasteiger partial charge in [0.05, 0.1) is 0 Å². The molecule has 0 amide bonds. The molecule has 0 aliphatic rings. The molecule has 1 heterocycles. The quantitative estimate of drug-likeness (QED) is 0.226. The van der Waals surface area contributed by atoms with E-state index in [4.69, 9.17) is 37.1 Å².